The molecule has 0 aliphatic carbocycles. The number of carbonyl (C=O) groups is 1. The summed E-state index contributed by atoms with van der Waals surface area (Å²) in [7, 11) is 0. The molecule has 0 radical (unpaired) electrons. The molecule has 0 aromatic rings. The Morgan fingerprint density at radius 3 is 2.46 bits per heavy atom. The fourth-order valence-corrected chi connectivity index (χ4v) is 0.805. The Bertz CT molecular complexity index is 217. The van der Waals surface area contributed by atoms with Gasteiger partial charge in [0.25, 0.3) is 0 Å². The van der Waals surface area contributed by atoms with Crippen LogP contribution in [-0.2, 0) is 4.79 Å². The number of amides is 1. The molecule has 0 atom stereocenters. The Labute approximate surface area is 79.5 Å². The first kappa shape index (κ1) is 12.0. The van der Waals surface area contributed by atoms with Crippen LogP contribution in [0.2, 0.25) is 0 Å². The van der Waals surface area contributed by atoms with E-state index >= 15 is 0 Å². The minimum absolute atomic E-state index is 0.000241. The molecule has 0 saturated carbocycles. The second kappa shape index (κ2) is 5.60. The number of aliphatic hydroxyl groups excluding tert-OH is 1. The third-order valence-electron chi connectivity index (χ3n) is 1.27. The van der Waals surface area contributed by atoms with Crippen LogP contribution in [0.3, 0.4) is 0 Å². The smallest absolute Gasteiger partial charge is 0.221 e. The monoisotopic (exact) mass is 183 g/mol. The van der Waals surface area contributed by atoms with E-state index in [-0.39, 0.29) is 17.9 Å². The van der Waals surface area contributed by atoms with Crippen molar-refractivity contribution in [2.75, 3.05) is 13.2 Å². The Morgan fingerprint density at radius 2 is 2.00 bits per heavy atom. The molecular weight excluding hydrogens is 166 g/mol. The molecule has 0 heterocycles. The zero-order chi connectivity index (χ0) is 10.3. The average Bonchev–Trinajstić information content (AvgIpc) is 1.94. The van der Waals surface area contributed by atoms with Gasteiger partial charge in [0.1, 0.15) is 6.61 Å². The van der Waals surface area contributed by atoms with Crippen molar-refractivity contribution < 1.29 is 9.90 Å². The molecule has 0 unspecified atom stereocenters. The predicted molar refractivity (Wildman–Crippen MR) is 51.9 cm³/mol. The van der Waals surface area contributed by atoms with Gasteiger partial charge in [-0.3, -0.25) is 4.79 Å². The van der Waals surface area contributed by atoms with Crippen LogP contribution in [0.1, 0.15) is 27.2 Å². The molecule has 0 saturated heterocycles. The summed E-state index contributed by atoms with van der Waals surface area (Å²) in [5.41, 5.74) is 0.00842. The summed E-state index contributed by atoms with van der Waals surface area (Å²) >= 11 is 0. The van der Waals surface area contributed by atoms with Gasteiger partial charge >= 0.3 is 0 Å². The van der Waals surface area contributed by atoms with E-state index in [2.05, 4.69) is 17.2 Å². The lowest BCUT2D eigenvalue weighted by molar-refractivity contribution is -0.122. The number of rotatable bonds is 2. The topological polar surface area (TPSA) is 49.3 Å². The molecule has 3 nitrogen and oxygen atoms in total. The highest BCUT2D eigenvalue weighted by atomic mass is 16.2. The first-order valence-electron chi connectivity index (χ1n) is 4.29. The minimum Gasteiger partial charge on any atom is -0.384 e. The predicted octanol–water partition coefficient (Wildman–Crippen LogP) is 0.534. The van der Waals surface area contributed by atoms with Gasteiger partial charge in [-0.1, -0.05) is 32.6 Å². The highest BCUT2D eigenvalue weighted by Gasteiger charge is 2.14. The zero-order valence-electron chi connectivity index (χ0n) is 8.48. The third-order valence-corrected chi connectivity index (χ3v) is 1.27. The second-order valence-electron chi connectivity index (χ2n) is 4.03. The number of hydrogen-bond acceptors (Lipinski definition) is 2. The number of nitrogens with one attached hydrogen (secondary N) is 1. The molecule has 0 aromatic carbocycles. The first-order valence-corrected chi connectivity index (χ1v) is 4.29. The summed E-state index contributed by atoms with van der Waals surface area (Å²) in [6, 6.07) is 0. The van der Waals surface area contributed by atoms with Crippen LogP contribution >= 0.6 is 0 Å². The molecule has 0 fully saturated rings. The van der Waals surface area contributed by atoms with Gasteiger partial charge in [-0.25, -0.2) is 0 Å². The van der Waals surface area contributed by atoms with Crippen LogP contribution in [0.25, 0.3) is 0 Å². The van der Waals surface area contributed by atoms with Crippen molar-refractivity contribution in [3.8, 4) is 11.8 Å². The summed E-state index contributed by atoms with van der Waals surface area (Å²) in [5.74, 6) is 5.08. The second-order valence-corrected chi connectivity index (χ2v) is 4.03. The Hall–Kier alpha value is -1.01. The van der Waals surface area contributed by atoms with E-state index in [0.29, 0.717) is 13.0 Å². The molecule has 0 rings (SSSR count). The lowest BCUT2D eigenvalue weighted by Crippen LogP contribution is -2.27. The molecule has 0 aliphatic rings. The lowest BCUT2D eigenvalue weighted by Gasteiger charge is -2.16. The van der Waals surface area contributed by atoms with E-state index in [4.69, 9.17) is 5.11 Å². The molecule has 3 heteroatoms. The lowest BCUT2D eigenvalue weighted by atomic mass is 9.92. The van der Waals surface area contributed by atoms with Gasteiger partial charge < -0.3 is 10.4 Å². The molecule has 13 heavy (non-hydrogen) atoms. The van der Waals surface area contributed by atoms with Crippen LogP contribution in [0.5, 0.6) is 0 Å². The number of hydrogen-bond donors (Lipinski definition) is 2. The van der Waals surface area contributed by atoms with Gasteiger partial charge in [-0.2, -0.15) is 0 Å². The van der Waals surface area contributed by atoms with E-state index in [9.17, 15) is 4.79 Å². The number of aliphatic hydroxyl groups is 1. The minimum atomic E-state index is -0.158. The molecule has 2 N–H and O–H groups in total. The molecular formula is C10H17NO2. The van der Waals surface area contributed by atoms with Gasteiger partial charge in [0.05, 0.1) is 6.54 Å². The standard InChI is InChI=1S/C10H17NO2/c1-10(2,3)8-9(13)11-6-4-5-7-12/h12H,6-8H2,1-3H3,(H,11,13). The van der Waals surface area contributed by atoms with E-state index in [1.165, 1.54) is 0 Å². The Kier molecular flexibility index (Phi) is 5.17. The number of carbonyl (C=O) groups excluding carboxylic acids is 1. The van der Waals surface area contributed by atoms with Gasteiger partial charge in [0.2, 0.25) is 5.91 Å². The van der Waals surface area contributed by atoms with Crippen LogP contribution in [0.15, 0.2) is 0 Å². The normalized spacial score (nSPS) is 10.2. The van der Waals surface area contributed by atoms with Gasteiger partial charge in [-0.05, 0) is 5.41 Å². The van der Waals surface area contributed by atoms with Crippen molar-refractivity contribution in [2.45, 2.75) is 27.2 Å². The van der Waals surface area contributed by atoms with Gasteiger partial charge in [0, 0.05) is 6.42 Å². The van der Waals surface area contributed by atoms with Crippen molar-refractivity contribution >= 4 is 5.91 Å². The molecule has 0 aliphatic heterocycles. The summed E-state index contributed by atoms with van der Waals surface area (Å²) in [6.07, 6.45) is 0.494. The van der Waals surface area contributed by atoms with E-state index < -0.39 is 0 Å². The molecule has 0 spiro atoms. The molecule has 0 bridgehead atoms. The van der Waals surface area contributed by atoms with Crippen molar-refractivity contribution in [1.82, 2.24) is 5.32 Å². The molecule has 74 valence electrons. The highest BCUT2D eigenvalue weighted by molar-refractivity contribution is 5.76. The van der Waals surface area contributed by atoms with E-state index in [1.54, 1.807) is 0 Å². The Balaban J connectivity index is 3.64. The van der Waals surface area contributed by atoms with Gasteiger partial charge in [0.15, 0.2) is 0 Å². The van der Waals surface area contributed by atoms with E-state index in [0.717, 1.165) is 0 Å². The third kappa shape index (κ3) is 8.90. The zero-order valence-corrected chi connectivity index (χ0v) is 8.48. The summed E-state index contributed by atoms with van der Waals surface area (Å²) in [4.78, 5) is 11.2. The SMILES string of the molecule is CC(C)(C)CC(=O)NCC#CCO. The van der Waals surface area contributed by atoms with Crippen molar-refractivity contribution in [3.63, 3.8) is 0 Å². The van der Waals surface area contributed by atoms with Crippen LogP contribution in [0, 0.1) is 17.3 Å². The van der Waals surface area contributed by atoms with Crippen LogP contribution < -0.4 is 5.32 Å². The van der Waals surface area contributed by atoms with Crippen LogP contribution in [-0.4, -0.2) is 24.2 Å². The maximum atomic E-state index is 11.2. The molecule has 0 aromatic heterocycles. The average molecular weight is 183 g/mol. The highest BCUT2D eigenvalue weighted by Crippen LogP contribution is 2.17. The fourth-order valence-electron chi connectivity index (χ4n) is 0.805. The maximum absolute atomic E-state index is 11.2. The summed E-state index contributed by atoms with van der Waals surface area (Å²) in [6.45, 7) is 6.18. The maximum Gasteiger partial charge on any atom is 0.221 e. The quantitative estimate of drug-likeness (QED) is 0.614. The summed E-state index contributed by atoms with van der Waals surface area (Å²) < 4.78 is 0. The van der Waals surface area contributed by atoms with E-state index in [1.807, 2.05) is 20.8 Å². The molecule has 1 amide bonds. The van der Waals surface area contributed by atoms with Crippen LogP contribution in [0.4, 0.5) is 0 Å². The first-order chi connectivity index (χ1) is 5.95. The van der Waals surface area contributed by atoms with Crippen molar-refractivity contribution in [2.24, 2.45) is 5.41 Å². The fraction of sp³-hybridized carbons (Fsp3) is 0.700. The van der Waals surface area contributed by atoms with Crippen molar-refractivity contribution in [3.05, 3.63) is 0 Å². The largest absolute Gasteiger partial charge is 0.384 e. The summed E-state index contributed by atoms with van der Waals surface area (Å²) in [5, 5.41) is 11.0. The Morgan fingerprint density at radius 1 is 1.38 bits per heavy atom. The van der Waals surface area contributed by atoms with Crippen molar-refractivity contribution in [1.29, 1.82) is 0 Å². The van der Waals surface area contributed by atoms with Gasteiger partial charge in [-0.15, -0.1) is 0 Å².